The fourth-order valence-electron chi connectivity index (χ4n) is 5.05. The number of nitrogens with one attached hydrogen (secondary N) is 1. The van der Waals surface area contributed by atoms with Crippen LogP contribution in [-0.2, 0) is 4.79 Å². The predicted molar refractivity (Wildman–Crippen MR) is 162 cm³/mol. The van der Waals surface area contributed by atoms with Crippen LogP contribution >= 0.6 is 11.8 Å². The van der Waals surface area contributed by atoms with Crippen LogP contribution in [-0.4, -0.2) is 68.7 Å². The van der Waals surface area contributed by atoms with Crippen molar-refractivity contribution in [2.45, 2.75) is 50.7 Å². The van der Waals surface area contributed by atoms with Gasteiger partial charge in [0.05, 0.1) is 22.3 Å². The molecule has 1 saturated heterocycles. The number of hydrogen-bond acceptors (Lipinski definition) is 8. The van der Waals surface area contributed by atoms with E-state index in [-0.39, 0.29) is 28.9 Å². The zero-order valence-corrected chi connectivity index (χ0v) is 25.9. The van der Waals surface area contributed by atoms with Crippen LogP contribution in [0, 0.1) is 18.6 Å². The number of alkyl halides is 3. The van der Waals surface area contributed by atoms with E-state index < -0.39 is 29.5 Å². The van der Waals surface area contributed by atoms with Gasteiger partial charge in [0.2, 0.25) is 0 Å². The number of pyridine rings is 2. The SMILES string of the molecule is CSc1cccc(F)c1-c1nc2c(cc1F)c(N1CCNC[C@@H]1C)nc(=O)n2-c1c(C)ccnc1C(C)C.O=C(O)C(F)(F)F. The summed E-state index contributed by atoms with van der Waals surface area (Å²) in [6.07, 6.45) is -1.58. The Morgan fingerprint density at radius 1 is 1.16 bits per heavy atom. The summed E-state index contributed by atoms with van der Waals surface area (Å²) in [6, 6.07) is 7.78. The average molecular weight is 651 g/mol. The molecule has 0 amide bonds. The highest BCUT2D eigenvalue weighted by molar-refractivity contribution is 7.98. The van der Waals surface area contributed by atoms with Crippen molar-refractivity contribution in [2.24, 2.45) is 0 Å². The van der Waals surface area contributed by atoms with Gasteiger partial charge in [-0.1, -0.05) is 19.9 Å². The summed E-state index contributed by atoms with van der Waals surface area (Å²) in [5.41, 5.74) is 1.66. The predicted octanol–water partition coefficient (Wildman–Crippen LogP) is 5.71. The van der Waals surface area contributed by atoms with Gasteiger partial charge in [0.25, 0.3) is 0 Å². The molecule has 1 aromatic carbocycles. The van der Waals surface area contributed by atoms with Crippen LogP contribution in [0.5, 0.6) is 0 Å². The van der Waals surface area contributed by atoms with Crippen molar-refractivity contribution in [2.75, 3.05) is 30.8 Å². The molecule has 0 bridgehead atoms. The van der Waals surface area contributed by atoms with Crippen molar-refractivity contribution in [3.05, 3.63) is 69.9 Å². The van der Waals surface area contributed by atoms with Crippen molar-refractivity contribution in [3.63, 3.8) is 0 Å². The summed E-state index contributed by atoms with van der Waals surface area (Å²) < 4.78 is 64.2. The summed E-state index contributed by atoms with van der Waals surface area (Å²) in [4.78, 5) is 39.0. The van der Waals surface area contributed by atoms with Crippen molar-refractivity contribution in [3.8, 4) is 16.9 Å². The van der Waals surface area contributed by atoms with Gasteiger partial charge in [-0.05, 0) is 55.9 Å². The number of aliphatic carboxylic acids is 1. The second-order valence-corrected chi connectivity index (χ2v) is 11.5. The lowest BCUT2D eigenvalue weighted by Crippen LogP contribution is -2.50. The smallest absolute Gasteiger partial charge is 0.475 e. The third-order valence-electron chi connectivity index (χ3n) is 7.17. The topological polar surface area (TPSA) is 113 Å². The highest BCUT2D eigenvalue weighted by Crippen LogP contribution is 2.37. The van der Waals surface area contributed by atoms with Crippen LogP contribution in [0.15, 0.2) is 46.2 Å². The summed E-state index contributed by atoms with van der Waals surface area (Å²) in [6.45, 7) is 9.90. The van der Waals surface area contributed by atoms with Gasteiger partial charge in [0.1, 0.15) is 17.3 Å². The molecule has 0 aliphatic carbocycles. The van der Waals surface area contributed by atoms with Gasteiger partial charge in [-0.15, -0.1) is 11.8 Å². The lowest BCUT2D eigenvalue weighted by molar-refractivity contribution is -0.192. The number of carbonyl (C=O) groups is 1. The molecule has 4 heterocycles. The Morgan fingerprint density at radius 3 is 2.44 bits per heavy atom. The molecule has 0 radical (unpaired) electrons. The summed E-state index contributed by atoms with van der Waals surface area (Å²) >= 11 is 1.30. The zero-order chi connectivity index (χ0) is 33.2. The number of fused-ring (bicyclic) bond motifs is 1. The maximum absolute atomic E-state index is 15.9. The second kappa shape index (κ2) is 13.5. The van der Waals surface area contributed by atoms with Gasteiger partial charge in [0, 0.05) is 36.8 Å². The Kier molecular flexibility index (Phi) is 10.1. The number of carboxylic acids is 1. The lowest BCUT2D eigenvalue weighted by Gasteiger charge is -2.35. The van der Waals surface area contributed by atoms with Gasteiger partial charge < -0.3 is 15.3 Å². The Bertz CT molecular complexity index is 1800. The van der Waals surface area contributed by atoms with E-state index in [0.717, 1.165) is 5.56 Å². The number of carboxylic acid groups (broad SMARTS) is 1. The molecular weight excluding hydrogens is 619 g/mol. The van der Waals surface area contributed by atoms with Gasteiger partial charge in [-0.3, -0.25) is 4.98 Å². The summed E-state index contributed by atoms with van der Waals surface area (Å²) in [5.74, 6) is -3.65. The number of halogens is 5. The minimum absolute atomic E-state index is 0.00528. The number of thioether (sulfide) groups is 1. The largest absolute Gasteiger partial charge is 0.490 e. The average Bonchev–Trinajstić information content (AvgIpc) is 2.97. The van der Waals surface area contributed by atoms with E-state index in [1.807, 2.05) is 38.7 Å². The van der Waals surface area contributed by atoms with Crippen molar-refractivity contribution in [1.29, 1.82) is 0 Å². The van der Waals surface area contributed by atoms with Crippen molar-refractivity contribution >= 4 is 34.6 Å². The Morgan fingerprint density at radius 2 is 1.84 bits per heavy atom. The highest BCUT2D eigenvalue weighted by Gasteiger charge is 2.38. The molecule has 5 rings (SSSR count). The molecule has 9 nitrogen and oxygen atoms in total. The number of aromatic nitrogens is 4. The molecule has 1 aliphatic rings. The van der Waals surface area contributed by atoms with E-state index in [2.05, 4.69) is 15.3 Å². The molecule has 0 spiro atoms. The van der Waals surface area contributed by atoms with E-state index in [1.54, 1.807) is 24.6 Å². The first-order valence-electron chi connectivity index (χ1n) is 13.9. The molecule has 3 aromatic heterocycles. The van der Waals surface area contributed by atoms with Crippen LogP contribution < -0.4 is 15.9 Å². The summed E-state index contributed by atoms with van der Waals surface area (Å²) in [5, 5.41) is 10.8. The Labute approximate surface area is 259 Å². The van der Waals surface area contributed by atoms with Crippen LogP contribution in [0.25, 0.3) is 28.0 Å². The van der Waals surface area contributed by atoms with Gasteiger partial charge in [-0.25, -0.2) is 27.9 Å². The number of hydrogen-bond donors (Lipinski definition) is 2. The molecule has 0 unspecified atom stereocenters. The maximum atomic E-state index is 15.9. The summed E-state index contributed by atoms with van der Waals surface area (Å²) in [7, 11) is 0. The standard InChI is InChI=1S/C28H30F2N6OS.C2HF3O2/c1-15(2)23-25(16(3)9-10-32-23)36-27-18(26(34-28(36)37)35-12-11-31-14-17(35)4)13-20(30)24(33-27)22-19(29)7-6-8-21(22)38-5;3-2(4,5)1(6)7/h6-10,13,15,17,31H,11-12,14H2,1-5H3;(H,6,7)/t17-;/m0./s1. The number of rotatable bonds is 5. The molecular formula is C30H31F5N6O3S. The van der Waals surface area contributed by atoms with E-state index in [4.69, 9.17) is 14.9 Å². The highest BCUT2D eigenvalue weighted by atomic mass is 32.2. The molecule has 15 heteroatoms. The quantitative estimate of drug-likeness (QED) is 0.207. The number of anilines is 1. The van der Waals surface area contributed by atoms with Gasteiger partial charge in [0.15, 0.2) is 11.5 Å². The Hall–Kier alpha value is -4.11. The Balaban J connectivity index is 0.000000591. The first-order valence-corrected chi connectivity index (χ1v) is 15.1. The van der Waals surface area contributed by atoms with Crippen molar-refractivity contribution < 1.29 is 31.9 Å². The zero-order valence-electron chi connectivity index (χ0n) is 25.0. The minimum Gasteiger partial charge on any atom is -0.475 e. The van der Waals surface area contributed by atoms with E-state index in [0.29, 0.717) is 47.1 Å². The number of benzene rings is 1. The fraction of sp³-hybridized carbons (Fsp3) is 0.367. The maximum Gasteiger partial charge on any atom is 0.490 e. The molecule has 0 saturated carbocycles. The van der Waals surface area contributed by atoms with Crippen LogP contribution in [0.4, 0.5) is 27.8 Å². The lowest BCUT2D eigenvalue weighted by atomic mass is 10.0. The normalized spacial score (nSPS) is 15.3. The molecule has 2 N–H and O–H groups in total. The van der Waals surface area contributed by atoms with Gasteiger partial charge in [-0.2, -0.15) is 18.2 Å². The monoisotopic (exact) mass is 650 g/mol. The van der Waals surface area contributed by atoms with Crippen LogP contribution in [0.2, 0.25) is 0 Å². The molecule has 240 valence electrons. The molecule has 1 atom stereocenters. The third kappa shape index (κ3) is 6.93. The molecule has 45 heavy (non-hydrogen) atoms. The van der Waals surface area contributed by atoms with E-state index >= 15 is 8.78 Å². The number of aryl methyl sites for hydroxylation is 1. The van der Waals surface area contributed by atoms with Crippen LogP contribution in [0.1, 0.15) is 37.9 Å². The van der Waals surface area contributed by atoms with Gasteiger partial charge >= 0.3 is 17.8 Å². The molecule has 1 fully saturated rings. The van der Waals surface area contributed by atoms with E-state index in [1.165, 1.54) is 28.5 Å². The number of nitrogens with zero attached hydrogens (tertiary/aromatic N) is 5. The van der Waals surface area contributed by atoms with Crippen molar-refractivity contribution in [1.82, 2.24) is 24.8 Å². The van der Waals surface area contributed by atoms with Crippen LogP contribution in [0.3, 0.4) is 0 Å². The third-order valence-corrected chi connectivity index (χ3v) is 7.95. The fourth-order valence-corrected chi connectivity index (χ4v) is 5.66. The second-order valence-electron chi connectivity index (χ2n) is 10.6. The molecule has 1 aliphatic heterocycles. The first-order chi connectivity index (χ1) is 21.2. The minimum atomic E-state index is -5.08. The first kappa shape index (κ1) is 33.8. The number of piperazine rings is 1. The van der Waals surface area contributed by atoms with E-state index in [9.17, 15) is 18.0 Å². The molecule has 4 aromatic rings.